The van der Waals surface area contributed by atoms with E-state index in [9.17, 15) is 14.7 Å². The van der Waals surface area contributed by atoms with Gasteiger partial charge in [0.05, 0.1) is 13.2 Å². The molecule has 0 atom stereocenters. The Morgan fingerprint density at radius 3 is 2.07 bits per heavy atom. The lowest BCUT2D eigenvalue weighted by molar-refractivity contribution is 0.0580. The molecule has 0 spiro atoms. The van der Waals surface area contributed by atoms with Crippen molar-refractivity contribution in [3.63, 3.8) is 0 Å². The van der Waals surface area contributed by atoms with E-state index in [0.29, 0.717) is 23.0 Å². The molecule has 144 valence electrons. The number of carbonyl (C=O) groups is 2. The van der Waals surface area contributed by atoms with Crippen LogP contribution in [0, 0.1) is 11.8 Å². The lowest BCUT2D eigenvalue weighted by atomic mass is 9.92. The highest BCUT2D eigenvalue weighted by molar-refractivity contribution is 6.26. The van der Waals surface area contributed by atoms with Gasteiger partial charge in [-0.05, 0) is 30.0 Å². The Kier molecular flexibility index (Phi) is 5.51. The Balaban J connectivity index is 2.19. The van der Waals surface area contributed by atoms with Gasteiger partial charge in [0.15, 0.2) is 0 Å². The van der Waals surface area contributed by atoms with Gasteiger partial charge in [0, 0.05) is 40.7 Å². The molecule has 0 bridgehead atoms. The molecule has 1 heterocycles. The van der Waals surface area contributed by atoms with Crippen LogP contribution in [-0.2, 0) is 0 Å². The summed E-state index contributed by atoms with van der Waals surface area (Å²) in [7, 11) is 0. The number of amides is 2. The SMILES string of the molecule is CC(C)CN(CC(C)C)c1ccc2c3c(cccc13)C(=O)N(CCO)C2=O. The van der Waals surface area contributed by atoms with Crippen molar-refractivity contribution >= 4 is 28.3 Å². The number of nitrogens with zero attached hydrogens (tertiary/aromatic N) is 2. The molecular weight excluding hydrogens is 340 g/mol. The van der Waals surface area contributed by atoms with Gasteiger partial charge in [0.2, 0.25) is 0 Å². The molecule has 0 aliphatic carbocycles. The lowest BCUT2D eigenvalue weighted by Gasteiger charge is -2.32. The average Bonchev–Trinajstić information content (AvgIpc) is 2.61. The fourth-order valence-corrected chi connectivity index (χ4v) is 3.86. The van der Waals surface area contributed by atoms with Crippen molar-refractivity contribution in [2.45, 2.75) is 27.7 Å². The van der Waals surface area contributed by atoms with Gasteiger partial charge in [-0.15, -0.1) is 0 Å². The zero-order valence-electron chi connectivity index (χ0n) is 16.5. The molecule has 0 saturated carbocycles. The minimum atomic E-state index is -0.330. The van der Waals surface area contributed by atoms with E-state index in [1.54, 1.807) is 6.07 Å². The Morgan fingerprint density at radius 1 is 0.926 bits per heavy atom. The van der Waals surface area contributed by atoms with Crippen LogP contribution in [0.15, 0.2) is 30.3 Å². The molecule has 0 unspecified atom stereocenters. The second kappa shape index (κ2) is 7.69. The predicted octanol–water partition coefficient (Wildman–Crippen LogP) is 3.55. The van der Waals surface area contributed by atoms with Crippen LogP contribution < -0.4 is 4.90 Å². The third-order valence-electron chi connectivity index (χ3n) is 4.80. The molecule has 0 aromatic heterocycles. The summed E-state index contributed by atoms with van der Waals surface area (Å²) < 4.78 is 0. The van der Waals surface area contributed by atoms with Gasteiger partial charge in [-0.25, -0.2) is 0 Å². The van der Waals surface area contributed by atoms with Crippen LogP contribution >= 0.6 is 0 Å². The third-order valence-corrected chi connectivity index (χ3v) is 4.80. The molecule has 1 aliphatic heterocycles. The zero-order valence-corrected chi connectivity index (χ0v) is 16.5. The smallest absolute Gasteiger partial charge is 0.261 e. The highest BCUT2D eigenvalue weighted by atomic mass is 16.3. The van der Waals surface area contributed by atoms with Crippen molar-refractivity contribution in [1.29, 1.82) is 0 Å². The minimum Gasteiger partial charge on any atom is -0.395 e. The van der Waals surface area contributed by atoms with Gasteiger partial charge in [0.1, 0.15) is 0 Å². The Labute approximate surface area is 160 Å². The number of rotatable bonds is 7. The summed E-state index contributed by atoms with van der Waals surface area (Å²) in [4.78, 5) is 29.1. The van der Waals surface area contributed by atoms with E-state index in [4.69, 9.17) is 0 Å². The standard InChI is InChI=1S/C22H28N2O3/c1-14(2)12-23(13-15(3)4)19-9-8-18-20-16(19)6-5-7-17(20)21(26)24(10-11-25)22(18)27/h5-9,14-15,25H,10-13H2,1-4H3. The first-order valence-corrected chi connectivity index (χ1v) is 9.62. The van der Waals surface area contributed by atoms with Crippen molar-refractivity contribution in [1.82, 2.24) is 4.90 Å². The molecule has 2 aromatic carbocycles. The van der Waals surface area contributed by atoms with Crippen molar-refractivity contribution < 1.29 is 14.7 Å². The average molecular weight is 368 g/mol. The third kappa shape index (κ3) is 3.56. The quantitative estimate of drug-likeness (QED) is 0.760. The number of benzene rings is 2. The maximum absolute atomic E-state index is 12.8. The number of aliphatic hydroxyl groups is 1. The molecule has 5 nitrogen and oxygen atoms in total. The molecule has 0 radical (unpaired) electrons. The van der Waals surface area contributed by atoms with Crippen molar-refractivity contribution in [3.8, 4) is 0 Å². The Hall–Kier alpha value is -2.40. The molecule has 0 fully saturated rings. The molecule has 3 rings (SSSR count). The van der Waals surface area contributed by atoms with Crippen molar-refractivity contribution in [3.05, 3.63) is 41.5 Å². The fourth-order valence-electron chi connectivity index (χ4n) is 3.86. The summed E-state index contributed by atoms with van der Waals surface area (Å²) in [6.45, 7) is 10.4. The number of β-amino-alcohol motifs (C(OH)–C–C–N with tert-alkyl or cyclic N) is 1. The molecule has 5 heteroatoms. The van der Waals surface area contributed by atoms with E-state index in [1.807, 2.05) is 24.3 Å². The Bertz CT molecular complexity index is 841. The largest absolute Gasteiger partial charge is 0.395 e. The van der Waals surface area contributed by atoms with E-state index < -0.39 is 0 Å². The van der Waals surface area contributed by atoms with E-state index in [0.717, 1.165) is 34.4 Å². The van der Waals surface area contributed by atoms with E-state index >= 15 is 0 Å². The summed E-state index contributed by atoms with van der Waals surface area (Å²) in [6, 6.07) is 9.46. The highest BCUT2D eigenvalue weighted by Gasteiger charge is 2.33. The number of hydrogen-bond acceptors (Lipinski definition) is 4. The Morgan fingerprint density at radius 2 is 1.52 bits per heavy atom. The number of hydrogen-bond donors (Lipinski definition) is 1. The van der Waals surface area contributed by atoms with E-state index in [2.05, 4.69) is 32.6 Å². The van der Waals surface area contributed by atoms with Gasteiger partial charge in [0.25, 0.3) is 11.8 Å². The number of carbonyl (C=O) groups excluding carboxylic acids is 2. The van der Waals surface area contributed by atoms with Crippen LogP contribution in [-0.4, -0.2) is 48.1 Å². The molecule has 1 N–H and O–H groups in total. The fraction of sp³-hybridized carbons (Fsp3) is 0.455. The molecule has 27 heavy (non-hydrogen) atoms. The first-order valence-electron chi connectivity index (χ1n) is 9.62. The molecule has 2 amide bonds. The molecule has 1 aliphatic rings. The second-order valence-electron chi connectivity index (χ2n) is 8.04. The summed E-state index contributed by atoms with van der Waals surface area (Å²) in [5.41, 5.74) is 2.13. The monoisotopic (exact) mass is 368 g/mol. The topological polar surface area (TPSA) is 60.9 Å². The summed E-state index contributed by atoms with van der Waals surface area (Å²) >= 11 is 0. The summed E-state index contributed by atoms with van der Waals surface area (Å²) in [6.07, 6.45) is 0. The van der Waals surface area contributed by atoms with Crippen molar-refractivity contribution in [2.75, 3.05) is 31.1 Å². The van der Waals surface area contributed by atoms with Crippen LogP contribution in [0.25, 0.3) is 10.8 Å². The van der Waals surface area contributed by atoms with E-state index in [1.165, 1.54) is 0 Å². The highest BCUT2D eigenvalue weighted by Crippen LogP contribution is 2.36. The van der Waals surface area contributed by atoms with Gasteiger partial charge < -0.3 is 10.0 Å². The molecule has 2 aromatic rings. The van der Waals surface area contributed by atoms with Crippen LogP contribution in [0.2, 0.25) is 0 Å². The lowest BCUT2D eigenvalue weighted by Crippen LogP contribution is -2.42. The molecule has 0 saturated heterocycles. The van der Waals surface area contributed by atoms with Gasteiger partial charge in [-0.2, -0.15) is 0 Å². The summed E-state index contributed by atoms with van der Waals surface area (Å²) in [5, 5.41) is 10.9. The van der Waals surface area contributed by atoms with Gasteiger partial charge in [-0.1, -0.05) is 39.8 Å². The van der Waals surface area contributed by atoms with Crippen LogP contribution in [0.1, 0.15) is 48.4 Å². The van der Waals surface area contributed by atoms with E-state index in [-0.39, 0.29) is 25.0 Å². The molecular formula is C22H28N2O3. The first kappa shape index (κ1) is 19.4. The number of anilines is 1. The summed E-state index contributed by atoms with van der Waals surface area (Å²) in [5.74, 6) is 0.336. The predicted molar refractivity (Wildman–Crippen MR) is 108 cm³/mol. The first-order chi connectivity index (χ1) is 12.8. The maximum atomic E-state index is 12.8. The van der Waals surface area contributed by atoms with Crippen molar-refractivity contribution in [2.24, 2.45) is 11.8 Å². The maximum Gasteiger partial charge on any atom is 0.261 e. The minimum absolute atomic E-state index is 0.0159. The van der Waals surface area contributed by atoms with Crippen LogP contribution in [0.4, 0.5) is 5.69 Å². The number of aliphatic hydroxyl groups excluding tert-OH is 1. The normalized spacial score (nSPS) is 14.0. The van der Waals surface area contributed by atoms with Crippen LogP contribution in [0.5, 0.6) is 0 Å². The van der Waals surface area contributed by atoms with Crippen LogP contribution in [0.3, 0.4) is 0 Å². The zero-order chi connectivity index (χ0) is 19.7. The van der Waals surface area contributed by atoms with Gasteiger partial charge >= 0.3 is 0 Å². The number of imide groups is 1. The van der Waals surface area contributed by atoms with Gasteiger partial charge in [-0.3, -0.25) is 14.5 Å². The second-order valence-corrected chi connectivity index (χ2v) is 8.04.